The number of nitrogens with zero attached hydrogens (tertiary/aromatic N) is 1. The van der Waals surface area contributed by atoms with E-state index in [1.54, 1.807) is 6.08 Å². The van der Waals surface area contributed by atoms with E-state index in [2.05, 4.69) is 26.2 Å². The Hall–Kier alpha value is -0.900. The van der Waals surface area contributed by atoms with Gasteiger partial charge in [0.05, 0.1) is 42.2 Å². The van der Waals surface area contributed by atoms with Gasteiger partial charge in [0.15, 0.2) is 5.78 Å². The number of rotatable bonds is 7. The molecule has 8 N–H and O–H groups in total. The minimum Gasteiger partial charge on any atom is -0.378 e. The maximum Gasteiger partial charge on any atom is 0.224 e. The van der Waals surface area contributed by atoms with E-state index in [1.165, 1.54) is 12.8 Å². The molecule has 6 aliphatic rings. The maximum atomic E-state index is 12.9. The Morgan fingerprint density at radius 2 is 2.00 bits per heavy atom. The number of carbonyl (C=O) groups is 2. The van der Waals surface area contributed by atoms with Crippen molar-refractivity contribution >= 4 is 35.2 Å². The summed E-state index contributed by atoms with van der Waals surface area (Å²) < 4.78 is 11.6. The first-order chi connectivity index (χ1) is 19.0. The van der Waals surface area contributed by atoms with Crippen LogP contribution in [0, 0.1) is 11.8 Å². The molecule has 5 heterocycles. The molecule has 13 heteroatoms. The number of nitrogens with one attached hydrogen (secondary N) is 4. The van der Waals surface area contributed by atoms with Gasteiger partial charge < -0.3 is 25.8 Å². The van der Waals surface area contributed by atoms with Gasteiger partial charge in [-0.2, -0.15) is 11.8 Å². The molecular weight excluding hydrogens is 538 g/mol. The van der Waals surface area contributed by atoms with Crippen molar-refractivity contribution in [2.45, 2.75) is 79.3 Å². The van der Waals surface area contributed by atoms with E-state index < -0.39 is 0 Å². The van der Waals surface area contributed by atoms with Crippen LogP contribution < -0.4 is 32.7 Å². The van der Waals surface area contributed by atoms with E-state index >= 15 is 0 Å². The Bertz CT molecular complexity index is 938. The SMILES string of the molecule is NC(=O)C1CNC(N[C@H]2CCCC[C@H]2N)NC1NC1CSC(C2COC3C(=O)C=C(N4CCOCC4)SC32)C1. The minimum atomic E-state index is -0.348. The summed E-state index contributed by atoms with van der Waals surface area (Å²) in [5.74, 6) is 0.695. The molecule has 0 aromatic heterocycles. The average molecular weight is 582 g/mol. The van der Waals surface area contributed by atoms with E-state index in [0.717, 1.165) is 43.1 Å². The van der Waals surface area contributed by atoms with Gasteiger partial charge in [0.2, 0.25) is 5.91 Å². The minimum absolute atomic E-state index is 0.0971. The van der Waals surface area contributed by atoms with E-state index in [9.17, 15) is 9.59 Å². The molecule has 4 saturated heterocycles. The number of nitrogens with two attached hydrogens (primary N) is 2. The molecule has 0 spiro atoms. The maximum absolute atomic E-state index is 12.9. The van der Waals surface area contributed by atoms with Crippen LogP contribution in [-0.2, 0) is 19.1 Å². The van der Waals surface area contributed by atoms with Gasteiger partial charge in [0, 0.05) is 60.8 Å². The molecule has 5 fully saturated rings. The largest absolute Gasteiger partial charge is 0.378 e. The lowest BCUT2D eigenvalue weighted by Crippen LogP contribution is -2.72. The van der Waals surface area contributed by atoms with Gasteiger partial charge >= 0.3 is 0 Å². The van der Waals surface area contributed by atoms with Crippen molar-refractivity contribution in [3.05, 3.63) is 11.1 Å². The molecule has 0 aromatic rings. The molecule has 0 aromatic carbocycles. The highest BCUT2D eigenvalue weighted by molar-refractivity contribution is 8.04. The normalized spacial score (nSPS) is 43.3. The summed E-state index contributed by atoms with van der Waals surface area (Å²) in [6.45, 7) is 4.18. The molecule has 6 rings (SSSR count). The van der Waals surface area contributed by atoms with Crippen molar-refractivity contribution in [2.24, 2.45) is 23.3 Å². The Kier molecular flexibility index (Phi) is 9.08. The zero-order chi connectivity index (χ0) is 26.9. The van der Waals surface area contributed by atoms with E-state index in [4.69, 9.17) is 20.9 Å². The third-order valence-electron chi connectivity index (χ3n) is 9.09. The Balaban J connectivity index is 1.06. The summed E-state index contributed by atoms with van der Waals surface area (Å²) in [7, 11) is 0. The fourth-order valence-electron chi connectivity index (χ4n) is 6.83. The van der Waals surface area contributed by atoms with Crippen LogP contribution in [0.3, 0.4) is 0 Å². The molecule has 8 unspecified atom stereocenters. The van der Waals surface area contributed by atoms with Crippen molar-refractivity contribution in [1.29, 1.82) is 0 Å². The number of hydrogen-bond acceptors (Lipinski definition) is 12. The third kappa shape index (κ3) is 6.31. The Labute approximate surface area is 239 Å². The predicted octanol–water partition coefficient (Wildman–Crippen LogP) is -0.913. The lowest BCUT2D eigenvalue weighted by molar-refractivity contribution is -0.124. The summed E-state index contributed by atoms with van der Waals surface area (Å²) in [4.78, 5) is 27.5. The van der Waals surface area contributed by atoms with Gasteiger partial charge in [0.1, 0.15) is 12.4 Å². The first kappa shape index (κ1) is 28.2. The zero-order valence-electron chi connectivity index (χ0n) is 22.4. The first-order valence-corrected chi connectivity index (χ1v) is 16.4. The highest BCUT2D eigenvalue weighted by Crippen LogP contribution is 2.47. The summed E-state index contributed by atoms with van der Waals surface area (Å²) in [6.07, 6.45) is 6.52. The van der Waals surface area contributed by atoms with Gasteiger partial charge in [-0.15, -0.1) is 11.8 Å². The van der Waals surface area contributed by atoms with Crippen molar-refractivity contribution in [3.63, 3.8) is 0 Å². The second kappa shape index (κ2) is 12.5. The number of hydrogen-bond donors (Lipinski definition) is 6. The highest BCUT2D eigenvalue weighted by atomic mass is 32.2. The third-order valence-corrected chi connectivity index (χ3v) is 12.1. The molecule has 0 bridgehead atoms. The van der Waals surface area contributed by atoms with Gasteiger partial charge in [-0.25, -0.2) is 0 Å². The number of fused-ring (bicyclic) bond motifs is 1. The molecule has 11 nitrogen and oxygen atoms in total. The van der Waals surface area contributed by atoms with Gasteiger partial charge in [0.25, 0.3) is 0 Å². The van der Waals surface area contributed by atoms with Gasteiger partial charge in [-0.3, -0.25) is 30.9 Å². The van der Waals surface area contributed by atoms with E-state index in [-0.39, 0.29) is 59.5 Å². The van der Waals surface area contributed by atoms with Crippen LogP contribution in [0.15, 0.2) is 11.1 Å². The molecule has 5 aliphatic heterocycles. The monoisotopic (exact) mass is 581 g/mol. The second-order valence-electron chi connectivity index (χ2n) is 11.7. The van der Waals surface area contributed by atoms with Crippen LogP contribution in [-0.4, -0.2) is 109 Å². The zero-order valence-corrected chi connectivity index (χ0v) is 24.0. The summed E-state index contributed by atoms with van der Waals surface area (Å²) in [5.41, 5.74) is 12.2. The Morgan fingerprint density at radius 3 is 2.79 bits per heavy atom. The average Bonchev–Trinajstić information content (AvgIpc) is 3.58. The van der Waals surface area contributed by atoms with Crippen LogP contribution in [0.4, 0.5) is 0 Å². The smallest absolute Gasteiger partial charge is 0.224 e. The molecule has 1 amide bonds. The molecule has 1 saturated carbocycles. The fraction of sp³-hybridized carbons (Fsp3) is 0.846. The second-order valence-corrected chi connectivity index (χ2v) is 14.1. The molecular formula is C26H43N7O4S2. The fourth-order valence-corrected chi connectivity index (χ4v) is 10.1. The van der Waals surface area contributed by atoms with Crippen molar-refractivity contribution in [2.75, 3.05) is 45.2 Å². The molecule has 39 heavy (non-hydrogen) atoms. The lowest BCUT2D eigenvalue weighted by Gasteiger charge is -2.42. The van der Waals surface area contributed by atoms with E-state index in [1.807, 2.05) is 23.5 Å². The van der Waals surface area contributed by atoms with Crippen LogP contribution >= 0.6 is 23.5 Å². The Morgan fingerprint density at radius 1 is 1.18 bits per heavy atom. The summed E-state index contributed by atoms with van der Waals surface area (Å²) in [5, 5.41) is 15.9. The topological polar surface area (TPSA) is 156 Å². The quantitative estimate of drug-likeness (QED) is 0.220. The number of amides is 1. The number of morpholine rings is 1. The van der Waals surface area contributed by atoms with Crippen LogP contribution in [0.2, 0.25) is 0 Å². The van der Waals surface area contributed by atoms with E-state index in [0.29, 0.717) is 37.5 Å². The van der Waals surface area contributed by atoms with Gasteiger partial charge in [-0.05, 0) is 19.3 Å². The van der Waals surface area contributed by atoms with Crippen LogP contribution in [0.25, 0.3) is 0 Å². The van der Waals surface area contributed by atoms with Crippen molar-refractivity contribution < 1.29 is 19.1 Å². The lowest BCUT2D eigenvalue weighted by atomic mass is 9.91. The summed E-state index contributed by atoms with van der Waals surface area (Å²) >= 11 is 3.77. The number of primary amides is 1. The highest BCUT2D eigenvalue weighted by Gasteiger charge is 2.50. The molecule has 0 radical (unpaired) electrons. The summed E-state index contributed by atoms with van der Waals surface area (Å²) in [6, 6.07) is 0.645. The van der Waals surface area contributed by atoms with Crippen molar-refractivity contribution in [1.82, 2.24) is 26.2 Å². The van der Waals surface area contributed by atoms with Crippen LogP contribution in [0.1, 0.15) is 32.1 Å². The number of ether oxygens (including phenoxy) is 2. The molecule has 10 atom stereocenters. The van der Waals surface area contributed by atoms with Crippen LogP contribution in [0.5, 0.6) is 0 Å². The van der Waals surface area contributed by atoms with Gasteiger partial charge in [-0.1, -0.05) is 12.8 Å². The molecule has 218 valence electrons. The first-order valence-electron chi connectivity index (χ1n) is 14.5. The number of ketones is 1. The predicted molar refractivity (Wildman–Crippen MR) is 153 cm³/mol. The molecule has 1 aliphatic carbocycles. The standard InChI is InChI=1S/C26H43N7O4S2/c27-17-3-1-2-4-18(17)31-26-29-11-15(24(28)35)25(32-26)30-14-9-20(38-13-14)16-12-37-22-19(34)10-21(39-23(16)22)33-5-7-36-8-6-33/h10,14-18,20,22-23,25-26,29-32H,1-9,11-13,27H2,(H2,28,35)/t14?,15?,16?,17-,18+,20?,22?,23?,25?,26?/m1/s1. The number of carbonyl (C=O) groups excluding carboxylic acids is 2. The number of thioether (sulfide) groups is 2. The van der Waals surface area contributed by atoms with Crippen molar-refractivity contribution in [3.8, 4) is 0 Å².